The van der Waals surface area contributed by atoms with Gasteiger partial charge in [0.2, 0.25) is 0 Å². The van der Waals surface area contributed by atoms with Gasteiger partial charge >= 0.3 is 0 Å². The van der Waals surface area contributed by atoms with Crippen molar-refractivity contribution in [3.05, 3.63) is 34.2 Å². The van der Waals surface area contributed by atoms with Crippen LogP contribution in [0.4, 0.5) is 0 Å². The number of rotatable bonds is 5. The molecule has 4 aromatic heterocycles. The molecule has 1 unspecified atom stereocenters. The summed E-state index contributed by atoms with van der Waals surface area (Å²) in [7, 11) is 0. The van der Waals surface area contributed by atoms with Gasteiger partial charge in [-0.2, -0.15) is 16.9 Å². The van der Waals surface area contributed by atoms with E-state index in [2.05, 4.69) is 66.0 Å². The highest BCUT2D eigenvalue weighted by Crippen LogP contribution is 2.43. The fourth-order valence-electron chi connectivity index (χ4n) is 5.81. The smallest absolute Gasteiger partial charge is 0.158 e. The Morgan fingerprint density at radius 3 is 2.65 bits per heavy atom. The van der Waals surface area contributed by atoms with Crippen molar-refractivity contribution < 1.29 is 0 Å². The first-order valence-corrected chi connectivity index (χ1v) is 14.6. The molecule has 180 valence electrons. The fraction of sp³-hybridized carbons (Fsp3) is 0.577. The Balaban J connectivity index is 1.29. The highest BCUT2D eigenvalue weighted by molar-refractivity contribution is 7.99. The Kier molecular flexibility index (Phi) is 5.94. The van der Waals surface area contributed by atoms with Gasteiger partial charge in [-0.05, 0) is 68.7 Å². The van der Waals surface area contributed by atoms with E-state index >= 15 is 0 Å². The molecule has 1 aliphatic heterocycles. The SMILES string of the molecule is Cc1c(-c2[nH]c3sc(C4CCC(NC5CCSC5)CC4)nc3c2C(C)C)cn2ncnc2c1C. The summed E-state index contributed by atoms with van der Waals surface area (Å²) in [6, 6.07) is 1.43. The van der Waals surface area contributed by atoms with Crippen molar-refractivity contribution in [2.24, 2.45) is 0 Å². The Morgan fingerprint density at radius 2 is 1.91 bits per heavy atom. The normalized spacial score (nSPS) is 23.6. The van der Waals surface area contributed by atoms with E-state index in [1.165, 1.54) is 86.9 Å². The van der Waals surface area contributed by atoms with E-state index in [1.807, 2.05) is 15.9 Å². The first kappa shape index (κ1) is 22.6. The van der Waals surface area contributed by atoms with Gasteiger partial charge < -0.3 is 10.3 Å². The number of aromatic nitrogens is 5. The van der Waals surface area contributed by atoms with E-state index < -0.39 is 0 Å². The van der Waals surface area contributed by atoms with Gasteiger partial charge in [-0.25, -0.2) is 14.5 Å². The van der Waals surface area contributed by atoms with Gasteiger partial charge in [0.05, 0.1) is 10.7 Å². The summed E-state index contributed by atoms with van der Waals surface area (Å²) in [6.07, 6.45) is 10.1. The Labute approximate surface area is 209 Å². The lowest BCUT2D eigenvalue weighted by Crippen LogP contribution is -2.40. The number of hydrogen-bond donors (Lipinski definition) is 2. The van der Waals surface area contributed by atoms with E-state index in [0.717, 1.165) is 11.7 Å². The lowest BCUT2D eigenvalue weighted by atomic mass is 9.86. The van der Waals surface area contributed by atoms with Crippen LogP contribution in [0.25, 0.3) is 27.3 Å². The van der Waals surface area contributed by atoms with Gasteiger partial charge in [-0.15, -0.1) is 11.3 Å². The molecule has 0 aromatic carbocycles. The number of thiazole rings is 1. The van der Waals surface area contributed by atoms with Crippen molar-refractivity contribution in [3.8, 4) is 11.3 Å². The van der Waals surface area contributed by atoms with E-state index in [0.29, 0.717) is 17.9 Å². The van der Waals surface area contributed by atoms with Crippen LogP contribution in [0.2, 0.25) is 0 Å². The molecule has 8 heteroatoms. The van der Waals surface area contributed by atoms with E-state index in [9.17, 15) is 0 Å². The highest BCUT2D eigenvalue weighted by Gasteiger charge is 2.29. The first-order valence-electron chi connectivity index (χ1n) is 12.7. The molecule has 0 spiro atoms. The number of hydrogen-bond acceptors (Lipinski definition) is 6. The van der Waals surface area contributed by atoms with Gasteiger partial charge in [0.15, 0.2) is 5.65 Å². The average molecular weight is 495 g/mol. The second kappa shape index (κ2) is 8.95. The standard InChI is InChI=1S/C26H34N6S2/c1-14(2)21-22(20-11-32-24(27-13-28-32)16(4)15(20)3)30-26-23(21)31-25(34-26)17-5-7-18(8-6-17)29-19-9-10-33-12-19/h11,13-14,17-19,29-30H,5-10,12H2,1-4H3. The molecule has 6 nitrogen and oxygen atoms in total. The monoisotopic (exact) mass is 494 g/mol. The summed E-state index contributed by atoms with van der Waals surface area (Å²) in [5.41, 5.74) is 8.24. The van der Waals surface area contributed by atoms with Crippen molar-refractivity contribution in [2.45, 2.75) is 83.7 Å². The Hall–Kier alpha value is -1.90. The zero-order valence-corrected chi connectivity index (χ0v) is 22.2. The van der Waals surface area contributed by atoms with Gasteiger partial charge in [-0.3, -0.25) is 0 Å². The number of aromatic amines is 1. The maximum Gasteiger partial charge on any atom is 0.158 e. The number of H-pyrrole nitrogens is 1. The quantitative estimate of drug-likeness (QED) is 0.346. The first-order chi connectivity index (χ1) is 16.5. The van der Waals surface area contributed by atoms with Crippen LogP contribution in [-0.2, 0) is 0 Å². The third-order valence-electron chi connectivity index (χ3n) is 7.86. The van der Waals surface area contributed by atoms with Gasteiger partial charge in [0, 0.05) is 41.1 Å². The molecule has 1 aliphatic carbocycles. The molecule has 4 aromatic rings. The molecule has 2 N–H and O–H groups in total. The summed E-state index contributed by atoms with van der Waals surface area (Å²) in [5, 5.41) is 9.66. The molecule has 0 radical (unpaired) electrons. The lowest BCUT2D eigenvalue weighted by Gasteiger charge is -2.30. The highest BCUT2D eigenvalue weighted by atomic mass is 32.2. The zero-order chi connectivity index (χ0) is 23.4. The number of fused-ring (bicyclic) bond motifs is 2. The number of nitrogens with one attached hydrogen (secondary N) is 2. The molecule has 0 bridgehead atoms. The molecule has 34 heavy (non-hydrogen) atoms. The number of thioether (sulfide) groups is 1. The van der Waals surface area contributed by atoms with Gasteiger partial charge in [0.25, 0.3) is 0 Å². The largest absolute Gasteiger partial charge is 0.345 e. The third-order valence-corrected chi connectivity index (χ3v) is 10.2. The topological polar surface area (TPSA) is 70.9 Å². The molecular formula is C26H34N6S2. The van der Waals surface area contributed by atoms with Crippen LogP contribution in [0, 0.1) is 13.8 Å². The van der Waals surface area contributed by atoms with Crippen LogP contribution >= 0.6 is 23.1 Å². The second-order valence-corrected chi connectivity index (χ2v) is 12.6. The van der Waals surface area contributed by atoms with Crippen molar-refractivity contribution in [2.75, 3.05) is 11.5 Å². The van der Waals surface area contributed by atoms with Crippen molar-refractivity contribution in [1.82, 2.24) is 29.9 Å². The summed E-state index contributed by atoms with van der Waals surface area (Å²) < 4.78 is 1.90. The average Bonchev–Trinajstić information content (AvgIpc) is 3.60. The van der Waals surface area contributed by atoms with Crippen LogP contribution in [0.15, 0.2) is 12.5 Å². The van der Waals surface area contributed by atoms with Crippen LogP contribution in [0.1, 0.15) is 79.5 Å². The molecule has 2 aliphatic rings. The lowest BCUT2D eigenvalue weighted by molar-refractivity contribution is 0.321. The summed E-state index contributed by atoms with van der Waals surface area (Å²) in [5.74, 6) is 3.60. The summed E-state index contributed by atoms with van der Waals surface area (Å²) in [4.78, 5) is 14.7. The molecule has 5 heterocycles. The molecule has 1 saturated heterocycles. The maximum absolute atomic E-state index is 5.27. The van der Waals surface area contributed by atoms with Gasteiger partial charge in [-0.1, -0.05) is 13.8 Å². The predicted octanol–water partition coefficient (Wildman–Crippen LogP) is 6.20. The minimum atomic E-state index is 0.383. The van der Waals surface area contributed by atoms with E-state index in [1.54, 1.807) is 6.33 Å². The molecule has 1 saturated carbocycles. The van der Waals surface area contributed by atoms with Crippen molar-refractivity contribution in [1.29, 1.82) is 0 Å². The molecular weight excluding hydrogens is 460 g/mol. The van der Waals surface area contributed by atoms with E-state index in [-0.39, 0.29) is 0 Å². The zero-order valence-electron chi connectivity index (χ0n) is 20.5. The fourth-order valence-corrected chi connectivity index (χ4v) is 8.13. The molecule has 0 amide bonds. The minimum Gasteiger partial charge on any atom is -0.345 e. The van der Waals surface area contributed by atoms with Crippen LogP contribution in [0.3, 0.4) is 0 Å². The Morgan fingerprint density at radius 1 is 1.09 bits per heavy atom. The summed E-state index contributed by atoms with van der Waals surface area (Å²) >= 11 is 3.97. The molecule has 2 fully saturated rings. The van der Waals surface area contributed by atoms with E-state index in [4.69, 9.17) is 4.98 Å². The summed E-state index contributed by atoms with van der Waals surface area (Å²) in [6.45, 7) is 8.88. The number of pyridine rings is 1. The minimum absolute atomic E-state index is 0.383. The van der Waals surface area contributed by atoms with Crippen molar-refractivity contribution >= 4 is 39.1 Å². The van der Waals surface area contributed by atoms with Crippen LogP contribution in [-0.4, -0.2) is 48.2 Å². The molecule has 1 atom stereocenters. The Bertz CT molecular complexity index is 1320. The second-order valence-electron chi connectivity index (χ2n) is 10.4. The third kappa shape index (κ3) is 3.88. The molecule has 6 rings (SSSR count). The maximum atomic E-state index is 5.27. The number of nitrogens with zero attached hydrogens (tertiary/aromatic N) is 4. The van der Waals surface area contributed by atoms with Gasteiger partial charge in [0.1, 0.15) is 16.7 Å². The predicted molar refractivity (Wildman–Crippen MR) is 143 cm³/mol. The van der Waals surface area contributed by atoms with Crippen LogP contribution < -0.4 is 5.32 Å². The van der Waals surface area contributed by atoms with Crippen LogP contribution in [0.5, 0.6) is 0 Å². The van der Waals surface area contributed by atoms with Crippen molar-refractivity contribution in [3.63, 3.8) is 0 Å². The number of aryl methyl sites for hydroxylation is 1.